The zero-order valence-corrected chi connectivity index (χ0v) is 10.6. The molecule has 1 aromatic rings. The molecule has 17 heavy (non-hydrogen) atoms. The van der Waals surface area contributed by atoms with Crippen LogP contribution in [0.15, 0.2) is 11.1 Å². The van der Waals surface area contributed by atoms with Crippen molar-refractivity contribution in [2.24, 2.45) is 11.7 Å². The standard InChI is InChI=1S/C11H21N5O/c1-7(2)8(12)4-5-16(3)10-9(13)11(17)15-6-14-10/h6-8H,4-5,12-13H2,1-3H3,(H,14,15,17). The van der Waals surface area contributed by atoms with Crippen LogP contribution in [0.2, 0.25) is 0 Å². The summed E-state index contributed by atoms with van der Waals surface area (Å²) < 4.78 is 0. The molecule has 0 fully saturated rings. The van der Waals surface area contributed by atoms with Gasteiger partial charge in [0.05, 0.1) is 6.33 Å². The molecule has 0 aromatic carbocycles. The van der Waals surface area contributed by atoms with Gasteiger partial charge in [0, 0.05) is 19.6 Å². The highest BCUT2D eigenvalue weighted by Crippen LogP contribution is 2.14. The molecule has 0 bridgehead atoms. The summed E-state index contributed by atoms with van der Waals surface area (Å²) in [6.07, 6.45) is 2.19. The number of aromatic amines is 1. The summed E-state index contributed by atoms with van der Waals surface area (Å²) in [7, 11) is 1.85. The zero-order valence-electron chi connectivity index (χ0n) is 10.6. The van der Waals surface area contributed by atoms with Gasteiger partial charge in [-0.1, -0.05) is 13.8 Å². The van der Waals surface area contributed by atoms with Gasteiger partial charge in [0.25, 0.3) is 5.56 Å². The summed E-state index contributed by atoms with van der Waals surface area (Å²) >= 11 is 0. The van der Waals surface area contributed by atoms with E-state index in [4.69, 9.17) is 11.5 Å². The number of nitrogens with two attached hydrogens (primary N) is 2. The maximum Gasteiger partial charge on any atom is 0.276 e. The van der Waals surface area contributed by atoms with Gasteiger partial charge < -0.3 is 21.4 Å². The molecule has 0 saturated heterocycles. The van der Waals surface area contributed by atoms with Gasteiger partial charge in [-0.25, -0.2) is 4.98 Å². The van der Waals surface area contributed by atoms with Crippen LogP contribution < -0.4 is 21.9 Å². The van der Waals surface area contributed by atoms with Crippen molar-refractivity contribution in [3.63, 3.8) is 0 Å². The molecule has 6 heteroatoms. The van der Waals surface area contributed by atoms with Gasteiger partial charge in [-0.15, -0.1) is 0 Å². The number of nitrogens with one attached hydrogen (secondary N) is 1. The van der Waals surface area contributed by atoms with Crippen molar-refractivity contribution in [2.75, 3.05) is 24.2 Å². The monoisotopic (exact) mass is 239 g/mol. The molecule has 0 amide bonds. The maximum atomic E-state index is 11.3. The summed E-state index contributed by atoms with van der Waals surface area (Å²) in [6.45, 7) is 4.90. The van der Waals surface area contributed by atoms with Crippen LogP contribution in [0.25, 0.3) is 0 Å². The number of hydrogen-bond donors (Lipinski definition) is 3. The van der Waals surface area contributed by atoms with E-state index in [9.17, 15) is 4.79 Å². The van der Waals surface area contributed by atoms with E-state index in [0.717, 1.165) is 13.0 Å². The van der Waals surface area contributed by atoms with Crippen LogP contribution in [0.3, 0.4) is 0 Å². The summed E-state index contributed by atoms with van der Waals surface area (Å²) in [6, 6.07) is 0.140. The van der Waals surface area contributed by atoms with E-state index in [1.807, 2.05) is 11.9 Å². The number of aromatic nitrogens is 2. The normalized spacial score (nSPS) is 12.8. The minimum absolute atomic E-state index is 0.140. The van der Waals surface area contributed by atoms with Gasteiger partial charge in [-0.3, -0.25) is 4.79 Å². The summed E-state index contributed by atoms with van der Waals surface area (Å²) in [5, 5.41) is 0. The van der Waals surface area contributed by atoms with Crippen LogP contribution in [0, 0.1) is 5.92 Å². The van der Waals surface area contributed by atoms with Gasteiger partial charge in [0.2, 0.25) is 0 Å². The lowest BCUT2D eigenvalue weighted by atomic mass is 10.0. The van der Waals surface area contributed by atoms with Crippen LogP contribution in [-0.4, -0.2) is 29.6 Å². The van der Waals surface area contributed by atoms with E-state index in [1.165, 1.54) is 6.33 Å². The van der Waals surface area contributed by atoms with E-state index in [0.29, 0.717) is 11.7 Å². The van der Waals surface area contributed by atoms with Crippen LogP contribution in [0.4, 0.5) is 11.5 Å². The van der Waals surface area contributed by atoms with Crippen LogP contribution >= 0.6 is 0 Å². The molecular weight excluding hydrogens is 218 g/mol. The third-order valence-electron chi connectivity index (χ3n) is 2.88. The number of anilines is 2. The molecule has 5 N–H and O–H groups in total. The lowest BCUT2D eigenvalue weighted by molar-refractivity contribution is 0.466. The molecule has 0 saturated carbocycles. The predicted octanol–water partition coefficient (Wildman–Crippen LogP) is 0.162. The minimum atomic E-state index is -0.310. The Bertz CT molecular complexity index is 415. The van der Waals surface area contributed by atoms with Crippen LogP contribution in [0.1, 0.15) is 20.3 Å². The average molecular weight is 239 g/mol. The van der Waals surface area contributed by atoms with E-state index < -0.39 is 0 Å². The van der Waals surface area contributed by atoms with Crippen LogP contribution in [-0.2, 0) is 0 Å². The van der Waals surface area contributed by atoms with Gasteiger partial charge in [-0.05, 0) is 12.3 Å². The highest BCUT2D eigenvalue weighted by Gasteiger charge is 2.12. The lowest BCUT2D eigenvalue weighted by Crippen LogP contribution is -2.33. The number of rotatable bonds is 5. The Morgan fingerprint density at radius 3 is 2.76 bits per heavy atom. The topological polar surface area (TPSA) is 101 Å². The molecule has 1 heterocycles. The molecule has 1 unspecified atom stereocenters. The second-order valence-electron chi connectivity index (χ2n) is 4.59. The number of H-pyrrole nitrogens is 1. The third kappa shape index (κ3) is 3.45. The molecule has 1 rings (SSSR count). The molecule has 1 atom stereocenters. The number of nitrogen functional groups attached to an aromatic ring is 1. The molecule has 0 spiro atoms. The Morgan fingerprint density at radius 1 is 1.53 bits per heavy atom. The Hall–Kier alpha value is -1.56. The molecule has 96 valence electrons. The fourth-order valence-electron chi connectivity index (χ4n) is 1.49. The van der Waals surface area contributed by atoms with Crippen molar-refractivity contribution in [1.29, 1.82) is 0 Å². The van der Waals surface area contributed by atoms with E-state index >= 15 is 0 Å². The van der Waals surface area contributed by atoms with Crippen molar-refractivity contribution in [3.8, 4) is 0 Å². The van der Waals surface area contributed by atoms with Crippen molar-refractivity contribution in [1.82, 2.24) is 9.97 Å². The summed E-state index contributed by atoms with van der Waals surface area (Å²) in [4.78, 5) is 19.7. The Labute approximate surface area is 101 Å². The Morgan fingerprint density at radius 2 is 2.18 bits per heavy atom. The molecule has 0 aliphatic carbocycles. The molecule has 1 aromatic heterocycles. The third-order valence-corrected chi connectivity index (χ3v) is 2.88. The molecular formula is C11H21N5O. The second kappa shape index (κ2) is 5.67. The minimum Gasteiger partial charge on any atom is -0.391 e. The highest BCUT2D eigenvalue weighted by molar-refractivity contribution is 5.60. The van der Waals surface area contributed by atoms with Gasteiger partial charge in [0.1, 0.15) is 5.69 Å². The number of hydrogen-bond acceptors (Lipinski definition) is 5. The van der Waals surface area contributed by atoms with Crippen LogP contribution in [0.5, 0.6) is 0 Å². The summed E-state index contributed by atoms with van der Waals surface area (Å²) in [5.41, 5.74) is 11.5. The Balaban J connectivity index is 2.67. The molecule has 0 aliphatic rings. The lowest BCUT2D eigenvalue weighted by Gasteiger charge is -2.22. The summed E-state index contributed by atoms with van der Waals surface area (Å²) in [5.74, 6) is 0.942. The molecule has 0 radical (unpaired) electrons. The van der Waals surface area contributed by atoms with Crippen molar-refractivity contribution in [2.45, 2.75) is 26.3 Å². The van der Waals surface area contributed by atoms with E-state index in [-0.39, 0.29) is 17.3 Å². The number of nitrogens with zero attached hydrogens (tertiary/aromatic N) is 2. The predicted molar refractivity (Wildman–Crippen MR) is 70.0 cm³/mol. The largest absolute Gasteiger partial charge is 0.391 e. The van der Waals surface area contributed by atoms with E-state index in [1.54, 1.807) is 0 Å². The van der Waals surface area contributed by atoms with Crippen molar-refractivity contribution < 1.29 is 0 Å². The van der Waals surface area contributed by atoms with Gasteiger partial charge >= 0.3 is 0 Å². The first-order valence-electron chi connectivity index (χ1n) is 5.73. The molecule has 6 nitrogen and oxygen atoms in total. The Kier molecular flexibility index (Phi) is 4.51. The van der Waals surface area contributed by atoms with Crippen molar-refractivity contribution in [3.05, 3.63) is 16.7 Å². The first kappa shape index (κ1) is 13.5. The highest BCUT2D eigenvalue weighted by atomic mass is 16.1. The fourth-order valence-corrected chi connectivity index (χ4v) is 1.49. The average Bonchev–Trinajstić information content (AvgIpc) is 2.29. The quantitative estimate of drug-likeness (QED) is 0.679. The van der Waals surface area contributed by atoms with Crippen molar-refractivity contribution >= 4 is 11.5 Å². The SMILES string of the molecule is CC(C)C(N)CCN(C)c1nc[nH]c(=O)c1N. The van der Waals surface area contributed by atoms with Gasteiger partial charge in [-0.2, -0.15) is 0 Å². The first-order valence-corrected chi connectivity index (χ1v) is 5.73. The smallest absolute Gasteiger partial charge is 0.276 e. The maximum absolute atomic E-state index is 11.3. The fraction of sp³-hybridized carbons (Fsp3) is 0.636. The second-order valence-corrected chi connectivity index (χ2v) is 4.59. The van der Waals surface area contributed by atoms with Gasteiger partial charge in [0.15, 0.2) is 5.82 Å². The first-order chi connectivity index (χ1) is 7.93. The van der Waals surface area contributed by atoms with E-state index in [2.05, 4.69) is 23.8 Å². The molecule has 0 aliphatic heterocycles. The zero-order chi connectivity index (χ0) is 13.0.